The summed E-state index contributed by atoms with van der Waals surface area (Å²) in [7, 11) is 0. The highest BCUT2D eigenvalue weighted by molar-refractivity contribution is 9.08. The summed E-state index contributed by atoms with van der Waals surface area (Å²) in [4.78, 5) is 3.84. The van der Waals surface area contributed by atoms with Gasteiger partial charge in [-0.1, -0.05) is 15.9 Å². The molecule has 6 heteroatoms. The van der Waals surface area contributed by atoms with E-state index in [-0.39, 0.29) is 22.3 Å². The molecule has 0 aromatic carbocycles. The Balaban J connectivity index is 3.31. The number of aromatic nitrogens is 1. The number of nitrogens with zero attached hydrogens (tertiary/aromatic N) is 1. The molecule has 0 bridgehead atoms. The lowest BCUT2D eigenvalue weighted by Gasteiger charge is -2.11. The van der Waals surface area contributed by atoms with E-state index in [9.17, 15) is 8.78 Å². The molecule has 0 atom stereocenters. The zero-order valence-electron chi connectivity index (χ0n) is 7.17. The SMILES string of the molecule is Nc1cc(C(F)F)c(CO)c(CBr)n1. The molecular weight excluding hydrogens is 258 g/mol. The molecule has 0 saturated carbocycles. The van der Waals surface area contributed by atoms with Gasteiger partial charge in [-0.05, 0) is 6.07 Å². The van der Waals surface area contributed by atoms with Crippen LogP contribution in [-0.2, 0) is 11.9 Å². The van der Waals surface area contributed by atoms with E-state index in [1.165, 1.54) is 0 Å². The molecule has 1 aromatic rings. The number of pyridine rings is 1. The van der Waals surface area contributed by atoms with Crippen LogP contribution in [0.2, 0.25) is 0 Å². The van der Waals surface area contributed by atoms with Gasteiger partial charge in [0.2, 0.25) is 0 Å². The van der Waals surface area contributed by atoms with Crippen molar-refractivity contribution >= 4 is 21.7 Å². The van der Waals surface area contributed by atoms with Crippen molar-refractivity contribution in [1.82, 2.24) is 4.98 Å². The number of nitrogen functional groups attached to an aromatic ring is 1. The number of anilines is 1. The summed E-state index contributed by atoms with van der Waals surface area (Å²) in [6.07, 6.45) is -2.65. The molecule has 0 fully saturated rings. The van der Waals surface area contributed by atoms with Gasteiger partial charge in [0.15, 0.2) is 0 Å². The molecule has 78 valence electrons. The van der Waals surface area contributed by atoms with Crippen molar-refractivity contribution in [2.75, 3.05) is 5.73 Å². The summed E-state index contributed by atoms with van der Waals surface area (Å²) in [5.74, 6) is 0.0342. The van der Waals surface area contributed by atoms with E-state index in [2.05, 4.69) is 20.9 Å². The molecule has 1 rings (SSSR count). The van der Waals surface area contributed by atoms with Crippen molar-refractivity contribution in [3.63, 3.8) is 0 Å². The Bertz CT molecular complexity index is 333. The summed E-state index contributed by atoms with van der Waals surface area (Å²) in [6.45, 7) is -0.464. The second-order valence-corrected chi connectivity index (χ2v) is 3.21. The molecule has 0 spiro atoms. The first kappa shape index (κ1) is 11.3. The Hall–Kier alpha value is -0.750. The number of aliphatic hydroxyl groups is 1. The van der Waals surface area contributed by atoms with Crippen LogP contribution in [0.3, 0.4) is 0 Å². The molecule has 0 unspecified atom stereocenters. The van der Waals surface area contributed by atoms with E-state index in [0.717, 1.165) is 6.07 Å². The lowest BCUT2D eigenvalue weighted by molar-refractivity contribution is 0.147. The van der Waals surface area contributed by atoms with Crippen molar-refractivity contribution < 1.29 is 13.9 Å². The van der Waals surface area contributed by atoms with Crippen molar-refractivity contribution in [2.24, 2.45) is 0 Å². The predicted molar refractivity (Wildman–Crippen MR) is 52.2 cm³/mol. The molecule has 0 aliphatic heterocycles. The minimum absolute atomic E-state index is 0.0342. The standard InChI is InChI=1S/C8H9BrF2N2O/c9-2-6-5(3-14)4(8(10)11)1-7(12)13-6/h1,8,14H,2-3H2,(H2,12,13). The molecule has 0 aliphatic rings. The minimum atomic E-state index is -2.65. The van der Waals surface area contributed by atoms with Gasteiger partial charge >= 0.3 is 0 Å². The Morgan fingerprint density at radius 2 is 2.21 bits per heavy atom. The molecule has 0 radical (unpaired) electrons. The highest BCUT2D eigenvalue weighted by Gasteiger charge is 2.17. The number of aliphatic hydroxyl groups excluding tert-OH is 1. The summed E-state index contributed by atoms with van der Waals surface area (Å²) >= 11 is 3.09. The second kappa shape index (κ2) is 4.65. The number of nitrogens with two attached hydrogens (primary N) is 1. The number of hydrogen-bond donors (Lipinski definition) is 2. The summed E-state index contributed by atoms with van der Waals surface area (Å²) in [5.41, 5.74) is 5.59. The van der Waals surface area contributed by atoms with Crippen LogP contribution in [0.15, 0.2) is 6.07 Å². The molecule has 0 aliphatic carbocycles. The van der Waals surface area contributed by atoms with E-state index in [0.29, 0.717) is 5.69 Å². The highest BCUT2D eigenvalue weighted by atomic mass is 79.9. The van der Waals surface area contributed by atoms with Crippen LogP contribution < -0.4 is 5.73 Å². The normalized spacial score (nSPS) is 10.9. The number of rotatable bonds is 3. The third kappa shape index (κ3) is 2.19. The van der Waals surface area contributed by atoms with Crippen LogP contribution in [0.25, 0.3) is 0 Å². The monoisotopic (exact) mass is 266 g/mol. The minimum Gasteiger partial charge on any atom is -0.392 e. The lowest BCUT2D eigenvalue weighted by Crippen LogP contribution is -2.05. The van der Waals surface area contributed by atoms with E-state index < -0.39 is 13.0 Å². The molecule has 0 saturated heterocycles. The van der Waals surface area contributed by atoms with Crippen molar-refractivity contribution in [2.45, 2.75) is 18.4 Å². The number of hydrogen-bond acceptors (Lipinski definition) is 3. The van der Waals surface area contributed by atoms with Gasteiger partial charge in [0.1, 0.15) is 5.82 Å². The molecule has 0 amide bonds. The Labute approximate surface area is 88.1 Å². The number of halogens is 3. The largest absolute Gasteiger partial charge is 0.392 e. The quantitative estimate of drug-likeness (QED) is 0.823. The van der Waals surface area contributed by atoms with Gasteiger partial charge in [-0.3, -0.25) is 0 Å². The van der Waals surface area contributed by atoms with Crippen LogP contribution in [0.5, 0.6) is 0 Å². The molecule has 3 nitrogen and oxygen atoms in total. The molecule has 14 heavy (non-hydrogen) atoms. The fraction of sp³-hybridized carbons (Fsp3) is 0.375. The first-order valence-electron chi connectivity index (χ1n) is 3.83. The van der Waals surface area contributed by atoms with Crippen LogP contribution in [0.1, 0.15) is 23.2 Å². The van der Waals surface area contributed by atoms with E-state index >= 15 is 0 Å². The zero-order chi connectivity index (χ0) is 10.7. The molecular formula is C8H9BrF2N2O. The third-order valence-corrected chi connectivity index (χ3v) is 2.32. The summed E-state index contributed by atoms with van der Waals surface area (Å²) in [6, 6.07) is 1.09. The zero-order valence-corrected chi connectivity index (χ0v) is 8.76. The first-order valence-corrected chi connectivity index (χ1v) is 4.95. The van der Waals surface area contributed by atoms with Crippen LogP contribution >= 0.6 is 15.9 Å². The number of alkyl halides is 3. The summed E-state index contributed by atoms with van der Waals surface area (Å²) in [5, 5.41) is 9.22. The maximum Gasteiger partial charge on any atom is 0.264 e. The van der Waals surface area contributed by atoms with Gasteiger partial charge in [0.05, 0.1) is 12.3 Å². The van der Waals surface area contributed by atoms with Gasteiger partial charge in [0, 0.05) is 16.5 Å². The van der Waals surface area contributed by atoms with Gasteiger partial charge in [-0.15, -0.1) is 0 Å². The average molecular weight is 267 g/mol. The first-order chi connectivity index (χ1) is 6.60. The third-order valence-electron chi connectivity index (χ3n) is 1.78. The molecule has 1 aromatic heterocycles. The fourth-order valence-electron chi connectivity index (χ4n) is 1.16. The second-order valence-electron chi connectivity index (χ2n) is 2.65. The predicted octanol–water partition coefficient (Wildman–Crippen LogP) is 1.99. The molecule has 3 N–H and O–H groups in total. The van der Waals surface area contributed by atoms with Gasteiger partial charge in [-0.2, -0.15) is 0 Å². The van der Waals surface area contributed by atoms with Crippen LogP contribution in [-0.4, -0.2) is 10.1 Å². The maximum atomic E-state index is 12.5. The topological polar surface area (TPSA) is 59.1 Å². The van der Waals surface area contributed by atoms with Gasteiger partial charge in [0.25, 0.3) is 6.43 Å². The van der Waals surface area contributed by atoms with E-state index in [1.54, 1.807) is 0 Å². The average Bonchev–Trinajstić information content (AvgIpc) is 2.16. The van der Waals surface area contributed by atoms with E-state index in [1.807, 2.05) is 0 Å². The molecule has 1 heterocycles. The van der Waals surface area contributed by atoms with Crippen LogP contribution in [0, 0.1) is 0 Å². The van der Waals surface area contributed by atoms with Crippen molar-refractivity contribution in [3.8, 4) is 0 Å². The Morgan fingerprint density at radius 1 is 1.57 bits per heavy atom. The van der Waals surface area contributed by atoms with Crippen LogP contribution in [0.4, 0.5) is 14.6 Å². The Kier molecular flexibility index (Phi) is 3.77. The summed E-state index contributed by atoms with van der Waals surface area (Å²) < 4.78 is 25.0. The van der Waals surface area contributed by atoms with Gasteiger partial charge < -0.3 is 10.8 Å². The van der Waals surface area contributed by atoms with Crippen molar-refractivity contribution in [3.05, 3.63) is 22.9 Å². The fourth-order valence-corrected chi connectivity index (χ4v) is 1.62. The lowest BCUT2D eigenvalue weighted by atomic mass is 10.1. The van der Waals surface area contributed by atoms with Gasteiger partial charge in [-0.25, -0.2) is 13.8 Å². The Morgan fingerprint density at radius 3 is 2.64 bits per heavy atom. The maximum absolute atomic E-state index is 12.5. The highest BCUT2D eigenvalue weighted by Crippen LogP contribution is 2.27. The smallest absolute Gasteiger partial charge is 0.264 e. The van der Waals surface area contributed by atoms with E-state index in [4.69, 9.17) is 10.8 Å². The van der Waals surface area contributed by atoms with Crippen molar-refractivity contribution in [1.29, 1.82) is 0 Å².